The van der Waals surface area contributed by atoms with Crippen molar-refractivity contribution in [2.45, 2.75) is 26.7 Å². The molecule has 0 aliphatic carbocycles. The van der Waals surface area contributed by atoms with Crippen LogP contribution in [0.1, 0.15) is 34.0 Å². The molecule has 33 heavy (non-hydrogen) atoms. The Hall–Kier alpha value is -3.60. The SMILES string of the molecule is CCc1ccc(C(=O)Nc2ccc(N3CCN(C(=O)Cc4cccc(C)c4)CC3)cc2)cc1. The topological polar surface area (TPSA) is 52.7 Å². The summed E-state index contributed by atoms with van der Waals surface area (Å²) in [5.74, 6) is 0.0800. The highest BCUT2D eigenvalue weighted by Crippen LogP contribution is 2.20. The number of carbonyl (C=O) groups is 2. The van der Waals surface area contributed by atoms with Crippen molar-refractivity contribution in [3.63, 3.8) is 0 Å². The Balaban J connectivity index is 1.29. The summed E-state index contributed by atoms with van der Waals surface area (Å²) >= 11 is 0. The molecule has 2 amide bonds. The van der Waals surface area contributed by atoms with Gasteiger partial charge < -0.3 is 15.1 Å². The summed E-state index contributed by atoms with van der Waals surface area (Å²) in [6.45, 7) is 7.19. The monoisotopic (exact) mass is 441 g/mol. The van der Waals surface area contributed by atoms with Crippen LogP contribution in [0.5, 0.6) is 0 Å². The molecule has 1 heterocycles. The fraction of sp³-hybridized carbons (Fsp3) is 0.286. The normalized spacial score (nSPS) is 13.6. The molecule has 0 bridgehead atoms. The lowest BCUT2D eigenvalue weighted by molar-refractivity contribution is -0.130. The third-order valence-corrected chi connectivity index (χ3v) is 6.18. The second-order valence-corrected chi connectivity index (χ2v) is 8.59. The zero-order valence-electron chi connectivity index (χ0n) is 19.4. The van der Waals surface area contributed by atoms with Crippen molar-refractivity contribution < 1.29 is 9.59 Å². The largest absolute Gasteiger partial charge is 0.368 e. The van der Waals surface area contributed by atoms with Crippen LogP contribution in [-0.2, 0) is 17.6 Å². The molecule has 170 valence electrons. The molecule has 0 radical (unpaired) electrons. The molecule has 3 aromatic rings. The van der Waals surface area contributed by atoms with Crippen LogP contribution in [-0.4, -0.2) is 42.9 Å². The van der Waals surface area contributed by atoms with E-state index in [0.717, 1.165) is 49.5 Å². The Bertz CT molecular complexity index is 1100. The number of nitrogens with zero attached hydrogens (tertiary/aromatic N) is 2. The lowest BCUT2D eigenvalue weighted by Gasteiger charge is -2.36. The van der Waals surface area contributed by atoms with Gasteiger partial charge in [0.25, 0.3) is 5.91 Å². The van der Waals surface area contributed by atoms with E-state index in [1.807, 2.05) is 78.6 Å². The molecule has 0 aromatic heterocycles. The van der Waals surface area contributed by atoms with Gasteiger partial charge in [0.05, 0.1) is 6.42 Å². The van der Waals surface area contributed by atoms with E-state index in [0.29, 0.717) is 12.0 Å². The Morgan fingerprint density at radius 1 is 0.848 bits per heavy atom. The van der Waals surface area contributed by atoms with Crippen LogP contribution in [0.25, 0.3) is 0 Å². The van der Waals surface area contributed by atoms with E-state index in [1.54, 1.807) is 0 Å². The average Bonchev–Trinajstić information content (AvgIpc) is 2.84. The summed E-state index contributed by atoms with van der Waals surface area (Å²) in [6.07, 6.45) is 1.41. The van der Waals surface area contributed by atoms with E-state index in [2.05, 4.69) is 23.2 Å². The lowest BCUT2D eigenvalue weighted by atomic mass is 10.1. The Morgan fingerprint density at radius 3 is 2.18 bits per heavy atom. The maximum atomic E-state index is 12.7. The van der Waals surface area contributed by atoms with Gasteiger partial charge in [-0.15, -0.1) is 0 Å². The molecule has 1 fully saturated rings. The Labute approximate surface area is 196 Å². The molecule has 5 heteroatoms. The molecule has 5 nitrogen and oxygen atoms in total. The van der Waals surface area contributed by atoms with Gasteiger partial charge >= 0.3 is 0 Å². The minimum absolute atomic E-state index is 0.105. The average molecular weight is 442 g/mol. The van der Waals surface area contributed by atoms with Gasteiger partial charge in [0.2, 0.25) is 5.91 Å². The van der Waals surface area contributed by atoms with Gasteiger partial charge in [0, 0.05) is 43.1 Å². The predicted octanol–water partition coefficient (Wildman–Crippen LogP) is 4.70. The number of piperazine rings is 1. The summed E-state index contributed by atoms with van der Waals surface area (Å²) in [5.41, 5.74) is 6.00. The van der Waals surface area contributed by atoms with Crippen molar-refractivity contribution in [1.82, 2.24) is 4.90 Å². The van der Waals surface area contributed by atoms with Gasteiger partial charge in [0.1, 0.15) is 0 Å². The summed E-state index contributed by atoms with van der Waals surface area (Å²) in [4.78, 5) is 29.4. The number of hydrogen-bond donors (Lipinski definition) is 1. The molecule has 3 aromatic carbocycles. The first-order valence-electron chi connectivity index (χ1n) is 11.6. The van der Waals surface area contributed by atoms with Crippen molar-refractivity contribution in [3.05, 3.63) is 95.1 Å². The standard InChI is InChI=1S/C28H31N3O2/c1-3-22-7-9-24(10-8-22)28(33)29-25-11-13-26(14-12-25)30-15-17-31(18-16-30)27(32)20-23-6-4-5-21(2)19-23/h4-14,19H,3,15-18,20H2,1-2H3,(H,29,33). The summed E-state index contributed by atoms with van der Waals surface area (Å²) in [5, 5.41) is 2.96. The van der Waals surface area contributed by atoms with E-state index >= 15 is 0 Å². The zero-order valence-corrected chi connectivity index (χ0v) is 19.4. The Kier molecular flexibility index (Phi) is 7.08. The summed E-state index contributed by atoms with van der Waals surface area (Å²) in [6, 6.07) is 23.8. The molecule has 0 spiro atoms. The van der Waals surface area contributed by atoms with Gasteiger partial charge in [-0.3, -0.25) is 9.59 Å². The number of benzene rings is 3. The highest BCUT2D eigenvalue weighted by atomic mass is 16.2. The van der Waals surface area contributed by atoms with E-state index in [1.165, 1.54) is 11.1 Å². The molecule has 4 rings (SSSR count). The predicted molar refractivity (Wildman–Crippen MR) is 134 cm³/mol. The number of hydrogen-bond acceptors (Lipinski definition) is 3. The number of carbonyl (C=O) groups excluding carboxylic acids is 2. The van der Waals surface area contributed by atoms with Crippen molar-refractivity contribution in [2.75, 3.05) is 36.4 Å². The first-order chi connectivity index (χ1) is 16.0. The van der Waals surface area contributed by atoms with E-state index in [-0.39, 0.29) is 11.8 Å². The molecule has 1 aliphatic rings. The maximum absolute atomic E-state index is 12.7. The highest BCUT2D eigenvalue weighted by Gasteiger charge is 2.21. The van der Waals surface area contributed by atoms with Gasteiger partial charge in [-0.2, -0.15) is 0 Å². The van der Waals surface area contributed by atoms with Crippen molar-refractivity contribution in [2.24, 2.45) is 0 Å². The quantitative estimate of drug-likeness (QED) is 0.603. The smallest absolute Gasteiger partial charge is 0.255 e. The number of amides is 2. The van der Waals surface area contributed by atoms with Crippen LogP contribution in [0.4, 0.5) is 11.4 Å². The van der Waals surface area contributed by atoms with Crippen LogP contribution < -0.4 is 10.2 Å². The molecule has 1 N–H and O–H groups in total. The zero-order chi connectivity index (χ0) is 23.2. The number of nitrogens with one attached hydrogen (secondary N) is 1. The van der Waals surface area contributed by atoms with Gasteiger partial charge in [-0.1, -0.05) is 48.9 Å². The lowest BCUT2D eigenvalue weighted by Crippen LogP contribution is -2.49. The number of rotatable bonds is 6. The van der Waals surface area contributed by atoms with Gasteiger partial charge in [0.15, 0.2) is 0 Å². The van der Waals surface area contributed by atoms with Gasteiger partial charge in [-0.25, -0.2) is 0 Å². The third-order valence-electron chi connectivity index (χ3n) is 6.18. The van der Waals surface area contributed by atoms with Crippen LogP contribution in [0, 0.1) is 6.92 Å². The Morgan fingerprint density at radius 2 is 1.55 bits per heavy atom. The van der Waals surface area contributed by atoms with Crippen LogP contribution in [0.3, 0.4) is 0 Å². The van der Waals surface area contributed by atoms with Crippen LogP contribution in [0.15, 0.2) is 72.8 Å². The summed E-state index contributed by atoms with van der Waals surface area (Å²) in [7, 11) is 0. The molecule has 1 aliphatic heterocycles. The van der Waals surface area contributed by atoms with Crippen molar-refractivity contribution in [1.29, 1.82) is 0 Å². The molecular weight excluding hydrogens is 410 g/mol. The van der Waals surface area contributed by atoms with Gasteiger partial charge in [-0.05, 0) is 60.9 Å². The van der Waals surface area contributed by atoms with E-state index < -0.39 is 0 Å². The van der Waals surface area contributed by atoms with Crippen LogP contribution in [0.2, 0.25) is 0 Å². The molecular formula is C28H31N3O2. The minimum Gasteiger partial charge on any atom is -0.368 e. The first-order valence-corrected chi connectivity index (χ1v) is 11.6. The third kappa shape index (κ3) is 5.80. The fourth-order valence-corrected chi connectivity index (χ4v) is 4.17. The number of anilines is 2. The highest BCUT2D eigenvalue weighted by molar-refractivity contribution is 6.04. The van der Waals surface area contributed by atoms with E-state index in [4.69, 9.17) is 0 Å². The van der Waals surface area contributed by atoms with Crippen LogP contribution >= 0.6 is 0 Å². The molecule has 0 saturated carbocycles. The maximum Gasteiger partial charge on any atom is 0.255 e. The fourth-order valence-electron chi connectivity index (χ4n) is 4.17. The molecule has 0 atom stereocenters. The molecule has 0 unspecified atom stereocenters. The molecule has 1 saturated heterocycles. The number of aryl methyl sites for hydroxylation is 2. The van der Waals surface area contributed by atoms with Crippen molar-refractivity contribution >= 4 is 23.2 Å². The minimum atomic E-state index is -0.105. The van der Waals surface area contributed by atoms with Crippen molar-refractivity contribution in [3.8, 4) is 0 Å². The first kappa shape index (κ1) is 22.6. The summed E-state index contributed by atoms with van der Waals surface area (Å²) < 4.78 is 0. The second kappa shape index (κ2) is 10.3. The second-order valence-electron chi connectivity index (χ2n) is 8.59. The van der Waals surface area contributed by atoms with E-state index in [9.17, 15) is 9.59 Å².